The van der Waals surface area contributed by atoms with Crippen LogP contribution in [0.25, 0.3) is 27.9 Å². The average Bonchev–Trinajstić information content (AvgIpc) is 2.87. The van der Waals surface area contributed by atoms with E-state index in [2.05, 4.69) is 28.2 Å². The number of fused-ring (bicyclic) bond motifs is 1. The zero-order valence-electron chi connectivity index (χ0n) is 18.7. The Hall–Kier alpha value is -3.71. The van der Waals surface area contributed by atoms with Crippen molar-refractivity contribution in [2.24, 2.45) is 7.05 Å². The molecule has 1 amide bonds. The number of aryl methyl sites for hydroxylation is 2. The molecule has 33 heavy (non-hydrogen) atoms. The lowest BCUT2D eigenvalue weighted by Crippen LogP contribution is -2.26. The predicted octanol–water partition coefficient (Wildman–Crippen LogP) is 4.06. The molecule has 0 unspecified atom stereocenters. The number of aromatic nitrogens is 4. The molecule has 7 nitrogen and oxygen atoms in total. The summed E-state index contributed by atoms with van der Waals surface area (Å²) in [6.45, 7) is 2.74. The maximum atomic E-state index is 12.7. The molecule has 0 spiro atoms. The molecule has 0 bridgehead atoms. The van der Waals surface area contributed by atoms with Crippen LogP contribution >= 0.6 is 0 Å². The fraction of sp³-hybridized carbons (Fsp3) is 0.269. The summed E-state index contributed by atoms with van der Waals surface area (Å²) in [6.07, 6.45) is 7.77. The highest BCUT2D eigenvalue weighted by atomic mass is 16.5. The highest BCUT2D eigenvalue weighted by molar-refractivity contribution is 5.97. The van der Waals surface area contributed by atoms with Gasteiger partial charge in [0.25, 0.3) is 5.91 Å². The van der Waals surface area contributed by atoms with Gasteiger partial charge in [-0.05, 0) is 36.6 Å². The zero-order chi connectivity index (χ0) is 22.6. The van der Waals surface area contributed by atoms with Crippen LogP contribution in [0.2, 0.25) is 0 Å². The van der Waals surface area contributed by atoms with Crippen LogP contribution in [0.3, 0.4) is 0 Å². The van der Waals surface area contributed by atoms with Gasteiger partial charge in [-0.1, -0.05) is 36.4 Å². The molecule has 0 atom stereocenters. The number of nitrogens with one attached hydrogen (secondary N) is 1. The molecule has 0 saturated heterocycles. The third-order valence-corrected chi connectivity index (χ3v) is 5.95. The van der Waals surface area contributed by atoms with Gasteiger partial charge in [0.05, 0.1) is 35.6 Å². The van der Waals surface area contributed by atoms with E-state index in [0.717, 1.165) is 52.9 Å². The fourth-order valence-electron chi connectivity index (χ4n) is 4.03. The van der Waals surface area contributed by atoms with Crippen molar-refractivity contribution in [3.8, 4) is 11.3 Å². The van der Waals surface area contributed by atoms with E-state index in [-0.39, 0.29) is 5.91 Å². The second-order valence-corrected chi connectivity index (χ2v) is 8.19. The van der Waals surface area contributed by atoms with E-state index in [1.54, 1.807) is 0 Å². The second kappa shape index (κ2) is 9.42. The first-order chi connectivity index (χ1) is 16.2. The van der Waals surface area contributed by atoms with Crippen LogP contribution in [0.1, 0.15) is 28.9 Å². The molecule has 2 aromatic carbocycles. The van der Waals surface area contributed by atoms with Gasteiger partial charge < -0.3 is 10.1 Å². The number of ether oxygens (including phenoxy) is 1. The van der Waals surface area contributed by atoms with E-state index in [1.165, 1.54) is 0 Å². The maximum absolute atomic E-state index is 12.7. The van der Waals surface area contributed by atoms with Crippen molar-refractivity contribution in [2.75, 3.05) is 19.8 Å². The molecule has 2 aromatic heterocycles. The van der Waals surface area contributed by atoms with E-state index in [9.17, 15) is 4.79 Å². The molecule has 5 rings (SSSR count). The van der Waals surface area contributed by atoms with Gasteiger partial charge in [0.2, 0.25) is 0 Å². The summed E-state index contributed by atoms with van der Waals surface area (Å²) in [5, 5.41) is 3.01. The SMILES string of the molecule is Cn1ccn1CCCNC(=O)c1ccc2nc(-c3ccccc3)c(C3=CCOCC3)nc2c1. The lowest BCUT2D eigenvalue weighted by atomic mass is 10.0. The molecule has 1 aliphatic rings. The van der Waals surface area contributed by atoms with Crippen molar-refractivity contribution in [3.05, 3.63) is 78.3 Å². The molecular formula is C26H27N5O2. The Kier molecular flexibility index (Phi) is 6.04. The van der Waals surface area contributed by atoms with Crippen molar-refractivity contribution in [2.45, 2.75) is 19.4 Å². The number of hydrogen-bond donors (Lipinski definition) is 1. The first kappa shape index (κ1) is 21.2. The van der Waals surface area contributed by atoms with Crippen LogP contribution in [0.15, 0.2) is 67.0 Å². The van der Waals surface area contributed by atoms with Gasteiger partial charge >= 0.3 is 0 Å². The van der Waals surface area contributed by atoms with Crippen LogP contribution in [0, 0.1) is 0 Å². The summed E-state index contributed by atoms with van der Waals surface area (Å²) in [7, 11) is 2.00. The molecule has 0 saturated carbocycles. The zero-order valence-corrected chi connectivity index (χ0v) is 18.7. The van der Waals surface area contributed by atoms with Crippen molar-refractivity contribution in [1.82, 2.24) is 24.6 Å². The minimum Gasteiger partial charge on any atom is -0.377 e. The summed E-state index contributed by atoms with van der Waals surface area (Å²) in [5.41, 5.74) is 5.97. The van der Waals surface area contributed by atoms with Crippen LogP contribution in [-0.2, 0) is 18.3 Å². The molecule has 3 heterocycles. The summed E-state index contributed by atoms with van der Waals surface area (Å²) in [4.78, 5) is 22.7. The molecule has 0 radical (unpaired) electrons. The monoisotopic (exact) mass is 441 g/mol. The van der Waals surface area contributed by atoms with Crippen LogP contribution in [0.5, 0.6) is 0 Å². The average molecular weight is 442 g/mol. The predicted molar refractivity (Wildman–Crippen MR) is 129 cm³/mol. The Morgan fingerprint density at radius 1 is 1.06 bits per heavy atom. The summed E-state index contributed by atoms with van der Waals surface area (Å²) in [5.74, 6) is -0.0924. The van der Waals surface area contributed by atoms with Crippen LogP contribution in [-0.4, -0.2) is 45.0 Å². The molecular weight excluding hydrogens is 414 g/mol. The third-order valence-electron chi connectivity index (χ3n) is 5.95. The Bertz CT molecular complexity index is 1300. The van der Waals surface area contributed by atoms with Gasteiger partial charge in [-0.3, -0.25) is 14.2 Å². The van der Waals surface area contributed by atoms with E-state index >= 15 is 0 Å². The Morgan fingerprint density at radius 2 is 1.91 bits per heavy atom. The van der Waals surface area contributed by atoms with Gasteiger partial charge in [-0.25, -0.2) is 9.97 Å². The summed E-state index contributed by atoms with van der Waals surface area (Å²) in [6, 6.07) is 15.6. The minimum atomic E-state index is -0.0924. The van der Waals surface area contributed by atoms with Crippen molar-refractivity contribution < 1.29 is 9.53 Å². The van der Waals surface area contributed by atoms with Crippen molar-refractivity contribution in [1.29, 1.82) is 0 Å². The van der Waals surface area contributed by atoms with Crippen LogP contribution in [0.4, 0.5) is 0 Å². The van der Waals surface area contributed by atoms with Gasteiger partial charge in [-0.15, -0.1) is 0 Å². The number of hydrogen-bond acceptors (Lipinski definition) is 4. The highest BCUT2D eigenvalue weighted by Gasteiger charge is 2.17. The first-order valence-electron chi connectivity index (χ1n) is 11.3. The third kappa shape index (κ3) is 4.59. The number of rotatable bonds is 7. The standard InChI is InChI=1S/C26H27N5O2/c1-30-14-15-31(30)13-5-12-27-26(32)21-8-9-22-23(18-21)29-25(20-10-16-33-17-11-20)24(28-22)19-6-3-2-4-7-19/h2-4,6-10,14-15,18H,5,11-13,16-17H2,1H3,(H,27,32). The number of carbonyl (C=O) groups is 1. The Balaban J connectivity index is 1.41. The summed E-state index contributed by atoms with van der Waals surface area (Å²) < 4.78 is 9.63. The number of amides is 1. The van der Waals surface area contributed by atoms with Gasteiger partial charge in [0.1, 0.15) is 0 Å². The molecule has 1 N–H and O–H groups in total. The number of carbonyl (C=O) groups excluding carboxylic acids is 1. The first-order valence-corrected chi connectivity index (χ1v) is 11.3. The van der Waals surface area contributed by atoms with Gasteiger partial charge in [0, 0.05) is 43.7 Å². The lowest BCUT2D eigenvalue weighted by molar-refractivity contribution is 0.0952. The van der Waals surface area contributed by atoms with E-state index in [4.69, 9.17) is 14.7 Å². The molecule has 7 heteroatoms. The van der Waals surface area contributed by atoms with E-state index in [1.807, 2.05) is 60.5 Å². The quantitative estimate of drug-likeness (QED) is 0.439. The lowest BCUT2D eigenvalue weighted by Gasteiger charge is -2.17. The molecule has 0 aliphatic carbocycles. The van der Waals surface area contributed by atoms with Crippen molar-refractivity contribution in [3.63, 3.8) is 0 Å². The molecule has 1 aliphatic heterocycles. The summed E-state index contributed by atoms with van der Waals surface area (Å²) >= 11 is 0. The molecule has 4 aromatic rings. The Labute approximate surface area is 192 Å². The van der Waals surface area contributed by atoms with Gasteiger partial charge in [0.15, 0.2) is 0 Å². The molecule has 0 fully saturated rings. The number of benzene rings is 2. The fourth-order valence-corrected chi connectivity index (χ4v) is 4.03. The Morgan fingerprint density at radius 3 is 2.64 bits per heavy atom. The smallest absolute Gasteiger partial charge is 0.251 e. The normalized spacial score (nSPS) is 13.8. The van der Waals surface area contributed by atoms with Crippen LogP contribution < -0.4 is 5.32 Å². The van der Waals surface area contributed by atoms with E-state index < -0.39 is 0 Å². The van der Waals surface area contributed by atoms with Gasteiger partial charge in [-0.2, -0.15) is 0 Å². The molecule has 168 valence electrons. The number of nitrogens with zero attached hydrogens (tertiary/aromatic N) is 4. The minimum absolute atomic E-state index is 0.0924. The highest BCUT2D eigenvalue weighted by Crippen LogP contribution is 2.31. The maximum Gasteiger partial charge on any atom is 0.251 e. The largest absolute Gasteiger partial charge is 0.377 e. The van der Waals surface area contributed by atoms with Crippen molar-refractivity contribution >= 4 is 22.5 Å². The van der Waals surface area contributed by atoms with E-state index in [0.29, 0.717) is 25.3 Å². The topological polar surface area (TPSA) is 74.0 Å². The second-order valence-electron chi connectivity index (χ2n) is 8.19.